The second kappa shape index (κ2) is 10.1. The fourth-order valence-electron chi connectivity index (χ4n) is 2.81. The largest absolute Gasteiger partial charge is 0.497 e. The van der Waals surface area contributed by atoms with Gasteiger partial charge in [0.25, 0.3) is 15.9 Å². The average Bonchev–Trinajstić information content (AvgIpc) is 2.79. The van der Waals surface area contributed by atoms with E-state index in [1.165, 1.54) is 42.3 Å². The van der Waals surface area contributed by atoms with Gasteiger partial charge in [0, 0.05) is 24.8 Å². The molecule has 7 nitrogen and oxygen atoms in total. The summed E-state index contributed by atoms with van der Waals surface area (Å²) in [6.45, 7) is -0.149. The van der Waals surface area contributed by atoms with Crippen LogP contribution in [-0.2, 0) is 21.4 Å². The summed E-state index contributed by atoms with van der Waals surface area (Å²) < 4.78 is 51.8. The van der Waals surface area contributed by atoms with Crippen LogP contribution >= 0.6 is 0 Å². The molecule has 0 atom stereocenters. The fraction of sp³-hybridized carbons (Fsp3) is 0.174. The minimum absolute atomic E-state index is 0.0451. The highest BCUT2D eigenvalue weighted by atomic mass is 32.2. The van der Waals surface area contributed by atoms with Crippen LogP contribution in [0.5, 0.6) is 11.5 Å². The number of hydrogen-bond acceptors (Lipinski definition) is 5. The van der Waals surface area contributed by atoms with Gasteiger partial charge in [-0.2, -0.15) is 0 Å². The Bertz CT molecular complexity index is 1170. The van der Waals surface area contributed by atoms with Gasteiger partial charge in [0.1, 0.15) is 17.3 Å². The number of sulfonamides is 1. The summed E-state index contributed by atoms with van der Waals surface area (Å²) in [5.74, 6) is 0.226. The van der Waals surface area contributed by atoms with Crippen LogP contribution in [0, 0.1) is 5.82 Å². The number of ether oxygens (including phenoxy) is 2. The first-order valence-electron chi connectivity index (χ1n) is 9.65. The van der Waals surface area contributed by atoms with Gasteiger partial charge in [0.15, 0.2) is 6.61 Å². The van der Waals surface area contributed by atoms with Crippen molar-refractivity contribution in [3.05, 3.63) is 84.2 Å². The normalized spacial score (nSPS) is 11.0. The van der Waals surface area contributed by atoms with E-state index >= 15 is 0 Å². The second-order valence-electron chi connectivity index (χ2n) is 6.94. The van der Waals surface area contributed by atoms with Crippen LogP contribution in [0.25, 0.3) is 0 Å². The maximum absolute atomic E-state index is 13.7. The molecule has 32 heavy (non-hydrogen) atoms. The molecule has 168 valence electrons. The monoisotopic (exact) mass is 458 g/mol. The molecule has 0 aliphatic rings. The first-order chi connectivity index (χ1) is 15.3. The van der Waals surface area contributed by atoms with Crippen LogP contribution in [0.15, 0.2) is 77.7 Å². The Balaban J connectivity index is 1.56. The van der Waals surface area contributed by atoms with Gasteiger partial charge in [-0.15, -0.1) is 0 Å². The smallest absolute Gasteiger partial charge is 0.261 e. The summed E-state index contributed by atoms with van der Waals surface area (Å²) in [5.41, 5.74) is 0.803. The number of carbonyl (C=O) groups excluding carboxylic acids is 1. The standard InChI is InChI=1S/C23H23FN2O5S/c1-26(15-17-5-3-4-6-22(17)24)23(27)16-31-20-11-13-21(14-12-20)32(28,29)25-18-7-9-19(30-2)10-8-18/h3-14,25H,15-16H2,1-2H3. The minimum Gasteiger partial charge on any atom is -0.497 e. The first kappa shape index (κ1) is 23.1. The third-order valence-electron chi connectivity index (χ3n) is 4.63. The van der Waals surface area contributed by atoms with Crippen LogP contribution in [-0.4, -0.2) is 40.0 Å². The van der Waals surface area contributed by atoms with Crippen molar-refractivity contribution in [2.75, 3.05) is 25.5 Å². The Kier molecular flexibility index (Phi) is 7.32. The van der Waals surface area contributed by atoms with Crippen molar-refractivity contribution in [1.82, 2.24) is 4.90 Å². The van der Waals surface area contributed by atoms with Crippen LogP contribution in [0.1, 0.15) is 5.56 Å². The summed E-state index contributed by atoms with van der Waals surface area (Å²) in [6, 6.07) is 18.4. The van der Waals surface area contributed by atoms with Crippen LogP contribution in [0.3, 0.4) is 0 Å². The van der Waals surface area contributed by atoms with Gasteiger partial charge in [-0.1, -0.05) is 18.2 Å². The van der Waals surface area contributed by atoms with Crippen molar-refractivity contribution < 1.29 is 27.1 Å². The lowest BCUT2D eigenvalue weighted by Crippen LogP contribution is -2.31. The number of carbonyl (C=O) groups is 1. The second-order valence-corrected chi connectivity index (χ2v) is 8.62. The molecular formula is C23H23FN2O5S. The predicted molar refractivity (Wildman–Crippen MR) is 119 cm³/mol. The molecule has 9 heteroatoms. The minimum atomic E-state index is -3.79. The molecule has 0 fully saturated rings. The number of amides is 1. The number of benzene rings is 3. The molecular weight excluding hydrogens is 435 g/mol. The molecule has 1 N–H and O–H groups in total. The number of methoxy groups -OCH3 is 1. The van der Waals surface area contributed by atoms with Crippen molar-refractivity contribution in [2.24, 2.45) is 0 Å². The third kappa shape index (κ3) is 5.98. The molecule has 0 unspecified atom stereocenters. The van der Waals surface area contributed by atoms with Crippen molar-refractivity contribution >= 4 is 21.6 Å². The maximum atomic E-state index is 13.7. The highest BCUT2D eigenvalue weighted by Gasteiger charge is 2.16. The van der Waals surface area contributed by atoms with Gasteiger partial charge in [-0.05, 0) is 54.6 Å². The molecule has 0 saturated carbocycles. The molecule has 0 saturated heterocycles. The Morgan fingerprint density at radius 2 is 1.59 bits per heavy atom. The molecule has 0 bridgehead atoms. The summed E-state index contributed by atoms with van der Waals surface area (Å²) in [6.07, 6.45) is 0. The molecule has 0 aliphatic heterocycles. The number of hydrogen-bond donors (Lipinski definition) is 1. The molecule has 0 aliphatic carbocycles. The number of rotatable bonds is 9. The zero-order valence-electron chi connectivity index (χ0n) is 17.6. The molecule has 0 aromatic heterocycles. The van der Waals surface area contributed by atoms with Gasteiger partial charge >= 0.3 is 0 Å². The zero-order chi connectivity index (χ0) is 23.1. The van der Waals surface area contributed by atoms with Crippen molar-refractivity contribution in [3.8, 4) is 11.5 Å². The quantitative estimate of drug-likeness (QED) is 0.529. The molecule has 0 spiro atoms. The highest BCUT2D eigenvalue weighted by Crippen LogP contribution is 2.21. The van der Waals surface area contributed by atoms with E-state index in [1.807, 2.05) is 0 Å². The molecule has 3 aromatic rings. The van der Waals surface area contributed by atoms with Crippen molar-refractivity contribution in [1.29, 1.82) is 0 Å². The van der Waals surface area contributed by atoms with E-state index in [4.69, 9.17) is 9.47 Å². The maximum Gasteiger partial charge on any atom is 0.261 e. The summed E-state index contributed by atoms with van der Waals surface area (Å²) in [7, 11) is -0.711. The molecule has 0 radical (unpaired) electrons. The predicted octanol–water partition coefficient (Wildman–Crippen LogP) is 3.67. The molecule has 3 aromatic carbocycles. The van der Waals surface area contributed by atoms with E-state index in [0.717, 1.165) is 0 Å². The van der Waals surface area contributed by atoms with E-state index in [9.17, 15) is 17.6 Å². The lowest BCUT2D eigenvalue weighted by Gasteiger charge is -2.18. The molecule has 3 rings (SSSR count). The van der Waals surface area contributed by atoms with Gasteiger partial charge in [-0.25, -0.2) is 12.8 Å². The number of anilines is 1. The summed E-state index contributed by atoms with van der Waals surface area (Å²) >= 11 is 0. The topological polar surface area (TPSA) is 84.9 Å². The lowest BCUT2D eigenvalue weighted by molar-refractivity contribution is -0.132. The number of nitrogens with zero attached hydrogens (tertiary/aromatic N) is 1. The van der Waals surface area contributed by atoms with Gasteiger partial charge in [0.05, 0.1) is 12.0 Å². The summed E-state index contributed by atoms with van der Waals surface area (Å²) in [5, 5.41) is 0. The van der Waals surface area contributed by atoms with Gasteiger partial charge < -0.3 is 14.4 Å². The van der Waals surface area contributed by atoms with E-state index in [0.29, 0.717) is 22.7 Å². The molecule has 0 heterocycles. The number of nitrogens with one attached hydrogen (secondary N) is 1. The van der Waals surface area contributed by atoms with Gasteiger partial charge in [0.2, 0.25) is 0 Å². The SMILES string of the molecule is COc1ccc(NS(=O)(=O)c2ccc(OCC(=O)N(C)Cc3ccccc3F)cc2)cc1. The average molecular weight is 459 g/mol. The lowest BCUT2D eigenvalue weighted by atomic mass is 10.2. The van der Waals surface area contributed by atoms with Gasteiger partial charge in [-0.3, -0.25) is 9.52 Å². The van der Waals surface area contributed by atoms with E-state index in [-0.39, 0.29) is 29.8 Å². The Morgan fingerprint density at radius 3 is 2.22 bits per heavy atom. The molecule has 1 amide bonds. The Morgan fingerprint density at radius 1 is 0.969 bits per heavy atom. The van der Waals surface area contributed by atoms with E-state index in [2.05, 4.69) is 4.72 Å². The zero-order valence-corrected chi connectivity index (χ0v) is 18.4. The number of halogens is 1. The highest BCUT2D eigenvalue weighted by molar-refractivity contribution is 7.92. The van der Waals surface area contributed by atoms with E-state index in [1.54, 1.807) is 49.5 Å². The fourth-order valence-corrected chi connectivity index (χ4v) is 3.87. The van der Waals surface area contributed by atoms with Crippen molar-refractivity contribution in [2.45, 2.75) is 11.4 Å². The number of likely N-dealkylation sites (N-methyl/N-ethyl adjacent to an activating group) is 1. The van der Waals surface area contributed by atoms with E-state index < -0.39 is 10.0 Å². The summed E-state index contributed by atoms with van der Waals surface area (Å²) in [4.78, 5) is 13.7. The van der Waals surface area contributed by atoms with Crippen LogP contribution in [0.4, 0.5) is 10.1 Å². The van der Waals surface area contributed by atoms with Crippen LogP contribution in [0.2, 0.25) is 0 Å². The van der Waals surface area contributed by atoms with Crippen LogP contribution < -0.4 is 14.2 Å². The van der Waals surface area contributed by atoms with Crippen molar-refractivity contribution in [3.63, 3.8) is 0 Å². The third-order valence-corrected chi connectivity index (χ3v) is 6.03. The Hall–Kier alpha value is -3.59. The Labute approximate surface area is 186 Å². The first-order valence-corrected chi connectivity index (χ1v) is 11.1.